The molecule has 0 nitrogen and oxygen atoms in total. The van der Waals surface area contributed by atoms with Crippen LogP contribution in [0.15, 0.2) is 47.6 Å². The summed E-state index contributed by atoms with van der Waals surface area (Å²) in [4.78, 5) is 0. The second-order valence-electron chi connectivity index (χ2n) is 3.48. The summed E-state index contributed by atoms with van der Waals surface area (Å²) in [6.07, 6.45) is 15.7. The quantitative estimate of drug-likeness (QED) is 0.636. The Hall–Kier alpha value is -0.391. The summed E-state index contributed by atoms with van der Waals surface area (Å²) in [5, 5.41) is 0. The molecular weight excluding hydrogens is 336 g/mol. The summed E-state index contributed by atoms with van der Waals surface area (Å²) in [6, 6.07) is 0. The van der Waals surface area contributed by atoms with Crippen molar-refractivity contribution < 1.29 is 20.1 Å². The molecule has 0 aromatic rings. The van der Waals surface area contributed by atoms with Gasteiger partial charge in [-0.2, -0.15) is 0 Å². The van der Waals surface area contributed by atoms with Crippen LogP contribution in [0.4, 0.5) is 0 Å². The number of allylic oxidation sites excluding steroid dienone is 8. The third-order valence-corrected chi connectivity index (χ3v) is 2.63. The standard InChI is InChI=1S/C12H14.Ir/c1-10-6-2-5-9-12(10)11-7-3-4-8-11;/h2-5,7-8,11H,6,9H2,1H3;. The van der Waals surface area contributed by atoms with Crippen LogP contribution >= 0.6 is 0 Å². The van der Waals surface area contributed by atoms with Crippen molar-refractivity contribution in [1.29, 1.82) is 0 Å². The monoisotopic (exact) mass is 351 g/mol. The Kier molecular flexibility index (Phi) is 3.89. The van der Waals surface area contributed by atoms with Crippen LogP contribution in [0.3, 0.4) is 0 Å². The van der Waals surface area contributed by atoms with Gasteiger partial charge in [0, 0.05) is 26.0 Å². The predicted molar refractivity (Wildman–Crippen MR) is 52.8 cm³/mol. The zero-order chi connectivity index (χ0) is 8.39. The fraction of sp³-hybridized carbons (Fsp3) is 0.333. The van der Waals surface area contributed by atoms with Crippen LogP contribution in [0.5, 0.6) is 0 Å². The SMILES string of the molecule is CC1=C(C2C=CC=C2)CC=CC1.[Ir]. The van der Waals surface area contributed by atoms with Crippen molar-refractivity contribution in [2.75, 3.05) is 0 Å². The minimum atomic E-state index is 0. The zero-order valence-corrected chi connectivity index (χ0v) is 10.2. The van der Waals surface area contributed by atoms with Crippen LogP contribution in [0.2, 0.25) is 0 Å². The predicted octanol–water partition coefficient (Wildman–Crippen LogP) is 3.39. The summed E-state index contributed by atoms with van der Waals surface area (Å²) < 4.78 is 0. The van der Waals surface area contributed by atoms with Crippen molar-refractivity contribution in [1.82, 2.24) is 0 Å². The van der Waals surface area contributed by atoms with Crippen molar-refractivity contribution >= 4 is 0 Å². The molecule has 0 fully saturated rings. The average molecular weight is 350 g/mol. The Morgan fingerprint density at radius 2 is 1.69 bits per heavy atom. The van der Waals surface area contributed by atoms with Crippen molar-refractivity contribution in [3.8, 4) is 0 Å². The molecule has 2 aliphatic rings. The third kappa shape index (κ3) is 2.30. The van der Waals surface area contributed by atoms with E-state index >= 15 is 0 Å². The fourth-order valence-electron chi connectivity index (χ4n) is 1.86. The number of rotatable bonds is 1. The minimum Gasteiger partial charge on any atom is -0.0842 e. The molecule has 0 saturated heterocycles. The molecule has 0 amide bonds. The number of hydrogen-bond acceptors (Lipinski definition) is 0. The Morgan fingerprint density at radius 3 is 2.31 bits per heavy atom. The summed E-state index contributed by atoms with van der Waals surface area (Å²) >= 11 is 0. The van der Waals surface area contributed by atoms with E-state index in [-0.39, 0.29) is 20.1 Å². The van der Waals surface area contributed by atoms with E-state index in [2.05, 4.69) is 43.4 Å². The molecule has 2 aliphatic carbocycles. The first-order chi connectivity index (χ1) is 5.88. The van der Waals surface area contributed by atoms with Gasteiger partial charge in [-0.25, -0.2) is 0 Å². The van der Waals surface area contributed by atoms with Crippen LogP contribution in [0.1, 0.15) is 19.8 Å². The Bertz CT molecular complexity index is 280. The van der Waals surface area contributed by atoms with Crippen LogP contribution < -0.4 is 0 Å². The van der Waals surface area contributed by atoms with Gasteiger partial charge >= 0.3 is 0 Å². The van der Waals surface area contributed by atoms with E-state index in [4.69, 9.17) is 0 Å². The van der Waals surface area contributed by atoms with Gasteiger partial charge in [0.2, 0.25) is 0 Å². The normalized spacial score (nSPS) is 21.0. The molecule has 2 rings (SSSR count). The van der Waals surface area contributed by atoms with Gasteiger partial charge in [-0.05, 0) is 19.8 Å². The maximum Gasteiger partial charge on any atom is 0.0169 e. The molecule has 0 spiro atoms. The molecule has 1 heteroatoms. The van der Waals surface area contributed by atoms with Crippen molar-refractivity contribution in [2.24, 2.45) is 5.92 Å². The van der Waals surface area contributed by atoms with E-state index < -0.39 is 0 Å². The molecule has 0 aromatic heterocycles. The van der Waals surface area contributed by atoms with Crippen molar-refractivity contribution in [3.63, 3.8) is 0 Å². The van der Waals surface area contributed by atoms with Gasteiger partial charge in [-0.3, -0.25) is 0 Å². The van der Waals surface area contributed by atoms with E-state index in [0.29, 0.717) is 5.92 Å². The summed E-state index contributed by atoms with van der Waals surface area (Å²) in [7, 11) is 0. The Balaban J connectivity index is 0.000000845. The van der Waals surface area contributed by atoms with Crippen LogP contribution in [0, 0.1) is 5.92 Å². The average Bonchev–Trinajstić information content (AvgIpc) is 2.57. The molecule has 0 bridgehead atoms. The van der Waals surface area contributed by atoms with Gasteiger partial charge in [-0.15, -0.1) is 0 Å². The minimum absolute atomic E-state index is 0. The summed E-state index contributed by atoms with van der Waals surface area (Å²) in [5.41, 5.74) is 3.15. The van der Waals surface area contributed by atoms with E-state index in [1.807, 2.05) is 0 Å². The molecule has 13 heavy (non-hydrogen) atoms. The fourth-order valence-corrected chi connectivity index (χ4v) is 1.86. The molecule has 0 saturated carbocycles. The summed E-state index contributed by atoms with van der Waals surface area (Å²) in [5.74, 6) is 0.593. The first kappa shape index (κ1) is 10.7. The molecule has 0 atom stereocenters. The maximum absolute atomic E-state index is 2.28. The molecule has 0 heterocycles. The zero-order valence-electron chi connectivity index (χ0n) is 7.79. The van der Waals surface area contributed by atoms with E-state index in [1.54, 1.807) is 11.1 Å². The maximum atomic E-state index is 2.28. The van der Waals surface area contributed by atoms with Gasteiger partial charge in [0.1, 0.15) is 0 Å². The van der Waals surface area contributed by atoms with Crippen LogP contribution in [-0.4, -0.2) is 0 Å². The van der Waals surface area contributed by atoms with Crippen LogP contribution in [0.25, 0.3) is 0 Å². The molecule has 0 aromatic carbocycles. The topological polar surface area (TPSA) is 0 Å². The molecule has 0 N–H and O–H groups in total. The van der Waals surface area contributed by atoms with Gasteiger partial charge in [0.05, 0.1) is 0 Å². The number of hydrogen-bond donors (Lipinski definition) is 0. The van der Waals surface area contributed by atoms with E-state index in [1.165, 1.54) is 0 Å². The Morgan fingerprint density at radius 1 is 1.08 bits per heavy atom. The van der Waals surface area contributed by atoms with Crippen molar-refractivity contribution in [2.45, 2.75) is 19.8 Å². The molecule has 71 valence electrons. The van der Waals surface area contributed by atoms with E-state index in [0.717, 1.165) is 12.8 Å². The second kappa shape index (κ2) is 4.74. The largest absolute Gasteiger partial charge is 0.0842 e. The Labute approximate surface area is 93.5 Å². The molecule has 0 aliphatic heterocycles. The van der Waals surface area contributed by atoms with Crippen molar-refractivity contribution in [3.05, 3.63) is 47.6 Å². The van der Waals surface area contributed by atoms with Crippen LogP contribution in [-0.2, 0) is 20.1 Å². The van der Waals surface area contributed by atoms with Gasteiger partial charge < -0.3 is 0 Å². The molecule has 1 radical (unpaired) electrons. The second-order valence-corrected chi connectivity index (χ2v) is 3.48. The molecular formula is C12H14Ir. The van der Waals surface area contributed by atoms with Gasteiger partial charge in [0.25, 0.3) is 0 Å². The third-order valence-electron chi connectivity index (χ3n) is 2.63. The van der Waals surface area contributed by atoms with Gasteiger partial charge in [0.15, 0.2) is 0 Å². The molecule has 0 unspecified atom stereocenters. The first-order valence-corrected chi connectivity index (χ1v) is 4.56. The summed E-state index contributed by atoms with van der Waals surface area (Å²) in [6.45, 7) is 2.25. The smallest absolute Gasteiger partial charge is 0.0169 e. The van der Waals surface area contributed by atoms with E-state index in [9.17, 15) is 0 Å². The van der Waals surface area contributed by atoms with Gasteiger partial charge in [-0.1, -0.05) is 47.6 Å². The first-order valence-electron chi connectivity index (χ1n) is 4.56.